The number of hydrogen-bond donors (Lipinski definition) is 0. The van der Waals surface area contributed by atoms with Gasteiger partial charge in [-0.25, -0.2) is 0 Å². The maximum absolute atomic E-state index is 12.5. The summed E-state index contributed by atoms with van der Waals surface area (Å²) in [6, 6.07) is 2.79. The molecule has 0 bridgehead atoms. The fourth-order valence-corrected chi connectivity index (χ4v) is 3.24. The molecule has 1 aromatic rings. The van der Waals surface area contributed by atoms with Crippen LogP contribution in [0.2, 0.25) is 0 Å². The number of hydrogen-bond acceptors (Lipinski definition) is 7. The zero-order valence-corrected chi connectivity index (χ0v) is 11.7. The second-order valence-electron chi connectivity index (χ2n) is 3.52. The standard InChI is InChI=1S/C10H13N2O7P/c1-3-18-20(17,19-4-2)10-6-5-8(11(13)14)7-9(10)12(15)16/h5-7H,3-4H2,1-2H3. The van der Waals surface area contributed by atoms with Gasteiger partial charge in [0.25, 0.3) is 11.4 Å². The van der Waals surface area contributed by atoms with Crippen molar-refractivity contribution in [2.75, 3.05) is 13.2 Å². The molecule has 0 unspecified atom stereocenters. The van der Waals surface area contributed by atoms with Crippen molar-refractivity contribution in [3.05, 3.63) is 38.4 Å². The molecular weight excluding hydrogens is 291 g/mol. The molecule has 0 aliphatic carbocycles. The Bertz CT molecular complexity index is 565. The van der Waals surface area contributed by atoms with Gasteiger partial charge in [-0.2, -0.15) is 0 Å². The molecule has 0 spiro atoms. The Balaban J connectivity index is 3.45. The van der Waals surface area contributed by atoms with Crippen molar-refractivity contribution in [3.63, 3.8) is 0 Å². The van der Waals surface area contributed by atoms with E-state index in [4.69, 9.17) is 9.05 Å². The van der Waals surface area contributed by atoms with Crippen LogP contribution in [0.15, 0.2) is 18.2 Å². The van der Waals surface area contributed by atoms with Crippen molar-refractivity contribution in [1.82, 2.24) is 0 Å². The fourth-order valence-electron chi connectivity index (χ4n) is 1.52. The summed E-state index contributed by atoms with van der Waals surface area (Å²) < 4.78 is 22.5. The first-order chi connectivity index (χ1) is 9.35. The van der Waals surface area contributed by atoms with E-state index in [2.05, 4.69) is 0 Å². The topological polar surface area (TPSA) is 122 Å². The maximum atomic E-state index is 12.5. The van der Waals surface area contributed by atoms with E-state index in [9.17, 15) is 24.8 Å². The van der Waals surface area contributed by atoms with Crippen LogP contribution in [0.25, 0.3) is 0 Å². The maximum Gasteiger partial charge on any atom is 0.368 e. The Morgan fingerprint density at radius 3 is 2.05 bits per heavy atom. The van der Waals surface area contributed by atoms with E-state index < -0.39 is 28.8 Å². The molecule has 0 atom stereocenters. The summed E-state index contributed by atoms with van der Waals surface area (Å²) in [6.07, 6.45) is 0. The van der Waals surface area contributed by atoms with Gasteiger partial charge in [-0.05, 0) is 19.9 Å². The zero-order valence-electron chi connectivity index (χ0n) is 10.8. The van der Waals surface area contributed by atoms with Crippen molar-refractivity contribution in [2.45, 2.75) is 13.8 Å². The smallest absolute Gasteiger partial charge is 0.305 e. The Morgan fingerprint density at radius 2 is 1.65 bits per heavy atom. The highest BCUT2D eigenvalue weighted by Gasteiger charge is 2.36. The normalized spacial score (nSPS) is 11.3. The third-order valence-corrected chi connectivity index (χ3v) is 4.42. The van der Waals surface area contributed by atoms with Crippen molar-refractivity contribution in [3.8, 4) is 0 Å². The van der Waals surface area contributed by atoms with Gasteiger partial charge in [0.2, 0.25) is 0 Å². The number of nitro groups is 2. The predicted molar refractivity (Wildman–Crippen MR) is 70.2 cm³/mol. The monoisotopic (exact) mass is 304 g/mol. The SMILES string of the molecule is CCOP(=O)(OCC)c1ccc([N+](=O)[O-])cc1[N+](=O)[O-]. The molecule has 20 heavy (non-hydrogen) atoms. The van der Waals surface area contributed by atoms with Gasteiger partial charge < -0.3 is 9.05 Å². The van der Waals surface area contributed by atoms with Gasteiger partial charge in [-0.3, -0.25) is 24.8 Å². The largest absolute Gasteiger partial charge is 0.368 e. The van der Waals surface area contributed by atoms with Crippen LogP contribution in [0, 0.1) is 20.2 Å². The number of nitro benzene ring substituents is 2. The lowest BCUT2D eigenvalue weighted by Gasteiger charge is -2.16. The first-order valence-electron chi connectivity index (χ1n) is 5.68. The number of nitrogens with zero attached hydrogens (tertiary/aromatic N) is 2. The van der Waals surface area contributed by atoms with Crippen LogP contribution in [-0.4, -0.2) is 23.1 Å². The van der Waals surface area contributed by atoms with E-state index in [1.165, 1.54) is 0 Å². The highest BCUT2D eigenvalue weighted by molar-refractivity contribution is 7.62. The van der Waals surface area contributed by atoms with E-state index >= 15 is 0 Å². The van der Waals surface area contributed by atoms with Crippen molar-refractivity contribution in [2.24, 2.45) is 0 Å². The molecule has 9 nitrogen and oxygen atoms in total. The van der Waals surface area contributed by atoms with E-state index in [-0.39, 0.29) is 18.5 Å². The molecule has 1 aromatic carbocycles. The highest BCUT2D eigenvalue weighted by Crippen LogP contribution is 2.49. The summed E-state index contributed by atoms with van der Waals surface area (Å²) in [6.45, 7) is 3.16. The van der Waals surface area contributed by atoms with Crippen molar-refractivity contribution < 1.29 is 23.5 Å². The first-order valence-corrected chi connectivity index (χ1v) is 7.22. The van der Waals surface area contributed by atoms with Gasteiger partial charge in [0.05, 0.1) is 29.1 Å². The van der Waals surface area contributed by atoms with Gasteiger partial charge >= 0.3 is 7.60 Å². The van der Waals surface area contributed by atoms with Gasteiger partial charge in [0.15, 0.2) is 0 Å². The molecule has 0 aromatic heterocycles. The summed E-state index contributed by atoms with van der Waals surface area (Å²) in [5.41, 5.74) is -1.13. The number of benzene rings is 1. The van der Waals surface area contributed by atoms with Crippen molar-refractivity contribution in [1.29, 1.82) is 0 Å². The van der Waals surface area contributed by atoms with Crippen LogP contribution in [0.3, 0.4) is 0 Å². The third kappa shape index (κ3) is 3.38. The van der Waals surface area contributed by atoms with Gasteiger partial charge in [0, 0.05) is 6.07 Å². The quantitative estimate of drug-likeness (QED) is 0.430. The van der Waals surface area contributed by atoms with Gasteiger partial charge in [-0.1, -0.05) is 0 Å². The molecule has 0 amide bonds. The molecule has 1 rings (SSSR count). The summed E-state index contributed by atoms with van der Waals surface area (Å²) in [5, 5.41) is 21.3. The molecule has 0 radical (unpaired) electrons. The molecule has 0 aliphatic rings. The Hall–Kier alpha value is -1.83. The van der Waals surface area contributed by atoms with Crippen LogP contribution in [-0.2, 0) is 13.6 Å². The molecule has 0 saturated heterocycles. The lowest BCUT2D eigenvalue weighted by Crippen LogP contribution is -2.15. The minimum Gasteiger partial charge on any atom is -0.305 e. The van der Waals surface area contributed by atoms with Crippen LogP contribution < -0.4 is 5.30 Å². The lowest BCUT2D eigenvalue weighted by atomic mass is 10.3. The van der Waals surface area contributed by atoms with Gasteiger partial charge in [0.1, 0.15) is 5.30 Å². The molecule has 0 fully saturated rings. The third-order valence-electron chi connectivity index (χ3n) is 2.26. The molecule has 10 heteroatoms. The van der Waals surface area contributed by atoms with Crippen LogP contribution in [0.1, 0.15) is 13.8 Å². The minimum absolute atomic E-state index is 0.0193. The highest BCUT2D eigenvalue weighted by atomic mass is 31.2. The second-order valence-corrected chi connectivity index (χ2v) is 5.51. The average molecular weight is 304 g/mol. The number of rotatable bonds is 7. The molecular formula is C10H13N2O7P. The summed E-state index contributed by atoms with van der Waals surface area (Å²) in [5.74, 6) is 0. The summed E-state index contributed by atoms with van der Waals surface area (Å²) in [4.78, 5) is 20.0. The van der Waals surface area contributed by atoms with Crippen LogP contribution in [0.5, 0.6) is 0 Å². The molecule has 110 valence electrons. The van der Waals surface area contributed by atoms with E-state index in [1.807, 2.05) is 0 Å². The number of non-ortho nitro benzene ring substituents is 1. The Kier molecular flexibility index (Phi) is 5.32. The fraction of sp³-hybridized carbons (Fsp3) is 0.400. The first kappa shape index (κ1) is 16.2. The summed E-state index contributed by atoms with van der Waals surface area (Å²) >= 11 is 0. The zero-order chi connectivity index (χ0) is 15.3. The average Bonchev–Trinajstić information content (AvgIpc) is 2.38. The molecule has 0 aliphatic heterocycles. The minimum atomic E-state index is -3.88. The van der Waals surface area contributed by atoms with Crippen LogP contribution >= 0.6 is 7.60 Å². The predicted octanol–water partition coefficient (Wildman–Crippen LogP) is 2.39. The van der Waals surface area contributed by atoms with Crippen LogP contribution in [0.4, 0.5) is 11.4 Å². The summed E-state index contributed by atoms with van der Waals surface area (Å²) in [7, 11) is -3.88. The van der Waals surface area contributed by atoms with Crippen molar-refractivity contribution >= 4 is 24.3 Å². The second kappa shape index (κ2) is 6.56. The Labute approximate surface area is 114 Å². The lowest BCUT2D eigenvalue weighted by molar-refractivity contribution is -0.393. The van der Waals surface area contributed by atoms with E-state index in [1.54, 1.807) is 13.8 Å². The van der Waals surface area contributed by atoms with E-state index in [0.717, 1.165) is 18.2 Å². The van der Waals surface area contributed by atoms with Gasteiger partial charge in [-0.15, -0.1) is 0 Å². The molecule has 0 saturated carbocycles. The van der Waals surface area contributed by atoms with E-state index in [0.29, 0.717) is 0 Å². The Morgan fingerprint density at radius 1 is 1.10 bits per heavy atom. The molecule has 0 N–H and O–H groups in total. The molecule has 0 heterocycles.